The van der Waals surface area contributed by atoms with Crippen molar-refractivity contribution in [2.45, 2.75) is 39.2 Å². The number of carbonyl (C=O) groups excluding carboxylic acids is 1. The van der Waals surface area contributed by atoms with Gasteiger partial charge in [0.15, 0.2) is 0 Å². The second-order valence-corrected chi connectivity index (χ2v) is 4.56. The minimum atomic E-state index is -0.824. The molecule has 3 N–H and O–H groups in total. The third kappa shape index (κ3) is 3.47. The maximum atomic E-state index is 11.1. The maximum absolute atomic E-state index is 11.1. The van der Waals surface area contributed by atoms with Gasteiger partial charge in [-0.05, 0) is 37.5 Å². The van der Waals surface area contributed by atoms with Crippen molar-refractivity contribution in [1.29, 1.82) is 0 Å². The van der Waals surface area contributed by atoms with E-state index in [1.807, 2.05) is 20.8 Å². The second kappa shape index (κ2) is 5.87. The van der Waals surface area contributed by atoms with Gasteiger partial charge in [0.25, 0.3) is 0 Å². The van der Waals surface area contributed by atoms with Crippen molar-refractivity contribution in [2.75, 3.05) is 6.61 Å². The third-order valence-electron chi connectivity index (χ3n) is 3.29. The number of aliphatic hydroxyl groups is 1. The normalized spacial score (nSPS) is 11.3. The molecule has 0 bridgehead atoms. The van der Waals surface area contributed by atoms with Crippen LogP contribution in [0.2, 0.25) is 0 Å². The number of rotatable bonds is 6. The minimum absolute atomic E-state index is 0.211. The van der Waals surface area contributed by atoms with E-state index >= 15 is 0 Å². The average Bonchev–Trinajstić information content (AvgIpc) is 2.37. The van der Waals surface area contributed by atoms with Gasteiger partial charge in [0.1, 0.15) is 12.4 Å². The molecule has 0 saturated carbocycles. The van der Waals surface area contributed by atoms with Crippen molar-refractivity contribution in [3.05, 3.63) is 29.3 Å². The largest absolute Gasteiger partial charge is 0.490 e. The summed E-state index contributed by atoms with van der Waals surface area (Å²) in [5.74, 6) is 0.104. The summed E-state index contributed by atoms with van der Waals surface area (Å²) in [7, 11) is 0. The van der Waals surface area contributed by atoms with E-state index in [0.29, 0.717) is 24.2 Å². The number of carbonyl (C=O) groups is 1. The number of aryl methyl sites for hydroxylation is 1. The molecule has 0 saturated heterocycles. The lowest BCUT2D eigenvalue weighted by atomic mass is 9.99. The molecular formula is C14H21NO3. The molecule has 4 heteroatoms. The Morgan fingerprint density at radius 3 is 2.50 bits per heavy atom. The summed E-state index contributed by atoms with van der Waals surface area (Å²) >= 11 is 0. The zero-order valence-corrected chi connectivity index (χ0v) is 11.2. The standard InChI is InChI=1S/C14H21NO3/c1-4-14(17,5-2)9-18-12-8-11(13(15)16)7-6-10(12)3/h6-8,17H,4-5,9H2,1-3H3,(H2,15,16). The van der Waals surface area contributed by atoms with E-state index in [4.69, 9.17) is 10.5 Å². The molecule has 0 heterocycles. The van der Waals surface area contributed by atoms with Gasteiger partial charge in [-0.25, -0.2) is 0 Å². The molecule has 0 unspecified atom stereocenters. The van der Waals surface area contributed by atoms with Crippen LogP contribution in [0.4, 0.5) is 0 Å². The molecule has 0 aliphatic rings. The summed E-state index contributed by atoms with van der Waals surface area (Å²) < 4.78 is 5.62. The Labute approximate surface area is 108 Å². The molecule has 0 atom stereocenters. The molecule has 1 rings (SSSR count). The second-order valence-electron chi connectivity index (χ2n) is 4.56. The molecule has 18 heavy (non-hydrogen) atoms. The van der Waals surface area contributed by atoms with Crippen molar-refractivity contribution >= 4 is 5.91 Å². The molecular weight excluding hydrogens is 230 g/mol. The highest BCUT2D eigenvalue weighted by molar-refractivity contribution is 5.93. The molecule has 0 aromatic heterocycles. The third-order valence-corrected chi connectivity index (χ3v) is 3.29. The molecule has 1 amide bonds. The Kier molecular flexibility index (Phi) is 4.73. The van der Waals surface area contributed by atoms with Gasteiger partial charge in [0, 0.05) is 5.56 Å². The number of benzene rings is 1. The average molecular weight is 251 g/mol. The predicted octanol–water partition coefficient (Wildman–Crippen LogP) is 2.02. The Hall–Kier alpha value is -1.55. The van der Waals surface area contributed by atoms with Gasteiger partial charge in [-0.3, -0.25) is 4.79 Å². The molecule has 0 aliphatic carbocycles. The van der Waals surface area contributed by atoms with Gasteiger partial charge in [0.2, 0.25) is 5.91 Å². The smallest absolute Gasteiger partial charge is 0.248 e. The maximum Gasteiger partial charge on any atom is 0.248 e. The van der Waals surface area contributed by atoms with Crippen molar-refractivity contribution < 1.29 is 14.6 Å². The van der Waals surface area contributed by atoms with Gasteiger partial charge >= 0.3 is 0 Å². The monoisotopic (exact) mass is 251 g/mol. The summed E-state index contributed by atoms with van der Waals surface area (Å²) in [5, 5.41) is 10.1. The lowest BCUT2D eigenvalue weighted by molar-refractivity contribution is -0.0115. The Morgan fingerprint density at radius 2 is 2.00 bits per heavy atom. The zero-order chi connectivity index (χ0) is 13.8. The van der Waals surface area contributed by atoms with Crippen LogP contribution in [0.5, 0.6) is 5.75 Å². The van der Waals surface area contributed by atoms with Crippen LogP contribution in [-0.4, -0.2) is 23.2 Å². The highest BCUT2D eigenvalue weighted by Crippen LogP contribution is 2.22. The minimum Gasteiger partial charge on any atom is -0.490 e. The van der Waals surface area contributed by atoms with E-state index in [1.54, 1.807) is 18.2 Å². The Morgan fingerprint density at radius 1 is 1.39 bits per heavy atom. The summed E-state index contributed by atoms with van der Waals surface area (Å²) in [6.07, 6.45) is 1.25. The zero-order valence-electron chi connectivity index (χ0n) is 11.2. The van der Waals surface area contributed by atoms with Crippen LogP contribution in [0, 0.1) is 6.92 Å². The molecule has 1 aromatic rings. The highest BCUT2D eigenvalue weighted by Gasteiger charge is 2.23. The Balaban J connectivity index is 2.84. The SMILES string of the molecule is CCC(O)(CC)COc1cc(C(N)=O)ccc1C. The number of amides is 1. The van der Waals surface area contributed by atoms with Crippen molar-refractivity contribution in [3.63, 3.8) is 0 Å². The van der Waals surface area contributed by atoms with Crippen LogP contribution in [0.15, 0.2) is 18.2 Å². The van der Waals surface area contributed by atoms with Crippen LogP contribution in [0.3, 0.4) is 0 Å². The molecule has 0 aliphatic heterocycles. The van der Waals surface area contributed by atoms with Gasteiger partial charge in [-0.2, -0.15) is 0 Å². The first kappa shape index (κ1) is 14.5. The molecule has 100 valence electrons. The first-order valence-electron chi connectivity index (χ1n) is 6.17. The van der Waals surface area contributed by atoms with Gasteiger partial charge in [0.05, 0.1) is 5.60 Å². The lowest BCUT2D eigenvalue weighted by Crippen LogP contribution is -2.34. The van der Waals surface area contributed by atoms with E-state index in [-0.39, 0.29) is 6.61 Å². The van der Waals surface area contributed by atoms with Crippen LogP contribution in [0.1, 0.15) is 42.6 Å². The van der Waals surface area contributed by atoms with Crippen molar-refractivity contribution in [3.8, 4) is 5.75 Å². The number of ether oxygens (including phenoxy) is 1. The highest BCUT2D eigenvalue weighted by atomic mass is 16.5. The van der Waals surface area contributed by atoms with Crippen molar-refractivity contribution in [2.24, 2.45) is 5.73 Å². The van der Waals surface area contributed by atoms with Gasteiger partial charge in [-0.15, -0.1) is 0 Å². The molecule has 0 radical (unpaired) electrons. The van der Waals surface area contributed by atoms with Crippen molar-refractivity contribution in [1.82, 2.24) is 0 Å². The fraction of sp³-hybridized carbons (Fsp3) is 0.500. The van der Waals surface area contributed by atoms with E-state index < -0.39 is 11.5 Å². The Bertz CT molecular complexity index is 425. The van der Waals surface area contributed by atoms with Crippen LogP contribution in [0.25, 0.3) is 0 Å². The predicted molar refractivity (Wildman–Crippen MR) is 70.7 cm³/mol. The summed E-state index contributed by atoms with van der Waals surface area (Å²) in [6.45, 7) is 5.93. The molecule has 0 fully saturated rings. The van der Waals surface area contributed by atoms with Gasteiger partial charge in [-0.1, -0.05) is 19.9 Å². The van der Waals surface area contributed by atoms with Crippen LogP contribution < -0.4 is 10.5 Å². The topological polar surface area (TPSA) is 72.6 Å². The fourth-order valence-electron chi connectivity index (χ4n) is 1.58. The lowest BCUT2D eigenvalue weighted by Gasteiger charge is -2.25. The fourth-order valence-corrected chi connectivity index (χ4v) is 1.58. The quantitative estimate of drug-likeness (QED) is 0.812. The van der Waals surface area contributed by atoms with E-state index in [2.05, 4.69) is 0 Å². The number of nitrogens with two attached hydrogens (primary N) is 1. The molecule has 4 nitrogen and oxygen atoms in total. The number of hydrogen-bond acceptors (Lipinski definition) is 3. The van der Waals surface area contributed by atoms with E-state index in [1.165, 1.54) is 0 Å². The number of primary amides is 1. The number of hydrogen-bond donors (Lipinski definition) is 2. The van der Waals surface area contributed by atoms with E-state index in [0.717, 1.165) is 5.56 Å². The summed E-state index contributed by atoms with van der Waals surface area (Å²) in [4.78, 5) is 11.1. The van der Waals surface area contributed by atoms with Crippen LogP contribution >= 0.6 is 0 Å². The molecule has 1 aromatic carbocycles. The van der Waals surface area contributed by atoms with Crippen LogP contribution in [-0.2, 0) is 0 Å². The first-order chi connectivity index (χ1) is 8.41. The summed E-state index contributed by atoms with van der Waals surface area (Å²) in [5.41, 5.74) is 5.72. The first-order valence-corrected chi connectivity index (χ1v) is 6.17. The van der Waals surface area contributed by atoms with Gasteiger partial charge < -0.3 is 15.6 Å². The summed E-state index contributed by atoms with van der Waals surface area (Å²) in [6, 6.07) is 5.06. The van der Waals surface area contributed by atoms with E-state index in [9.17, 15) is 9.90 Å². The molecule has 0 spiro atoms.